The molecule has 3 atom stereocenters. The number of benzene rings is 1. The van der Waals surface area contributed by atoms with E-state index in [1.54, 1.807) is 12.3 Å². The number of nitrogens with zero attached hydrogens (tertiary/aromatic N) is 9. The Labute approximate surface area is 210 Å². The minimum absolute atomic E-state index is 0.0490. The zero-order valence-electron chi connectivity index (χ0n) is 19.1. The average molecular weight is 510 g/mol. The lowest BCUT2D eigenvalue weighted by Gasteiger charge is -2.46. The predicted molar refractivity (Wildman–Crippen MR) is 123 cm³/mol. The highest BCUT2D eigenvalue weighted by atomic mass is 35.5. The third kappa shape index (κ3) is 3.89. The van der Waals surface area contributed by atoms with Gasteiger partial charge in [0.05, 0.1) is 35.4 Å². The number of carbonyl (C=O) groups is 1. The third-order valence-electron chi connectivity index (χ3n) is 7.17. The van der Waals surface area contributed by atoms with Crippen molar-refractivity contribution in [1.29, 1.82) is 5.26 Å². The predicted octanol–water partition coefficient (Wildman–Crippen LogP) is 1.43. The second kappa shape index (κ2) is 9.16. The number of tetrazole rings is 1. The molecule has 2 aromatic heterocycles. The van der Waals surface area contributed by atoms with E-state index >= 15 is 0 Å². The number of aryl methyl sites for hydroxylation is 1. The van der Waals surface area contributed by atoms with Crippen LogP contribution in [0.1, 0.15) is 40.8 Å². The Morgan fingerprint density at radius 1 is 1.25 bits per heavy atom. The fourth-order valence-corrected chi connectivity index (χ4v) is 5.59. The van der Waals surface area contributed by atoms with Crippen LogP contribution in [0.3, 0.4) is 0 Å². The van der Waals surface area contributed by atoms with Crippen molar-refractivity contribution in [2.75, 3.05) is 32.8 Å². The molecule has 1 amide bonds. The van der Waals surface area contributed by atoms with Gasteiger partial charge in [-0.25, -0.2) is 14.4 Å². The number of hydrogen-bond acceptors (Lipinski definition) is 9. The van der Waals surface area contributed by atoms with Gasteiger partial charge in [0.1, 0.15) is 23.8 Å². The molecule has 3 aromatic rings. The summed E-state index contributed by atoms with van der Waals surface area (Å²) in [6.45, 7) is 2.81. The van der Waals surface area contributed by atoms with Gasteiger partial charge in [-0.3, -0.25) is 9.69 Å². The molecule has 1 aliphatic carbocycles. The van der Waals surface area contributed by atoms with E-state index in [1.165, 1.54) is 17.1 Å². The summed E-state index contributed by atoms with van der Waals surface area (Å²) in [6.07, 6.45) is 4.16. The first-order valence-corrected chi connectivity index (χ1v) is 12.0. The van der Waals surface area contributed by atoms with Crippen LogP contribution >= 0.6 is 11.6 Å². The number of fused-ring (bicyclic) bond motifs is 2. The van der Waals surface area contributed by atoms with Gasteiger partial charge in [-0.1, -0.05) is 17.7 Å². The normalized spacial score (nSPS) is 23.7. The summed E-state index contributed by atoms with van der Waals surface area (Å²) < 4.78 is 21.3. The fourth-order valence-electron chi connectivity index (χ4n) is 5.28. The summed E-state index contributed by atoms with van der Waals surface area (Å²) in [5.41, 5.74) is 2.15. The molecule has 3 aliphatic rings. The molecule has 2 saturated heterocycles. The van der Waals surface area contributed by atoms with Gasteiger partial charge in [-0.2, -0.15) is 9.94 Å². The van der Waals surface area contributed by atoms with Crippen molar-refractivity contribution in [3.8, 4) is 12.0 Å². The molecule has 0 N–H and O–H groups in total. The number of morpholine rings is 1. The Hall–Kier alpha value is -3.53. The van der Waals surface area contributed by atoms with Crippen molar-refractivity contribution < 1.29 is 13.9 Å². The SMILES string of the molecule is N#Cc1c(F)ccc(C2CN3CCN(C(=O)C4CCc5nc(-n6cnnn6)ncc54)C[C@@H]3CO2)c1Cl. The zero-order chi connectivity index (χ0) is 24.8. The van der Waals surface area contributed by atoms with Crippen molar-refractivity contribution >= 4 is 17.5 Å². The second-order valence-corrected chi connectivity index (χ2v) is 9.49. The van der Waals surface area contributed by atoms with Crippen LogP contribution in [0, 0.1) is 17.1 Å². The minimum Gasteiger partial charge on any atom is -0.370 e. The van der Waals surface area contributed by atoms with Crippen molar-refractivity contribution in [3.63, 3.8) is 0 Å². The molecule has 0 saturated carbocycles. The number of ether oxygens (including phenoxy) is 1. The molecule has 6 rings (SSSR count). The van der Waals surface area contributed by atoms with E-state index in [9.17, 15) is 14.4 Å². The molecule has 2 aliphatic heterocycles. The highest BCUT2D eigenvalue weighted by Gasteiger charge is 2.40. The number of aromatic nitrogens is 6. The van der Waals surface area contributed by atoms with Crippen LogP contribution in [0.25, 0.3) is 5.95 Å². The molecule has 2 unspecified atom stereocenters. The zero-order valence-corrected chi connectivity index (χ0v) is 19.8. The lowest BCUT2D eigenvalue weighted by atomic mass is 9.99. The Balaban J connectivity index is 1.12. The molecular formula is C23H21ClFN9O2. The van der Waals surface area contributed by atoms with Gasteiger partial charge in [0.25, 0.3) is 5.95 Å². The van der Waals surface area contributed by atoms with Gasteiger partial charge < -0.3 is 9.64 Å². The van der Waals surface area contributed by atoms with E-state index < -0.39 is 5.82 Å². The first-order valence-electron chi connectivity index (χ1n) is 11.6. The number of carbonyl (C=O) groups excluding carboxylic acids is 1. The molecule has 0 radical (unpaired) electrons. The Bertz CT molecular complexity index is 1360. The van der Waals surface area contributed by atoms with E-state index in [2.05, 4.69) is 30.4 Å². The van der Waals surface area contributed by atoms with Crippen LogP contribution in [0.5, 0.6) is 0 Å². The van der Waals surface area contributed by atoms with Gasteiger partial charge >= 0.3 is 0 Å². The quantitative estimate of drug-likeness (QED) is 0.515. The summed E-state index contributed by atoms with van der Waals surface area (Å²) >= 11 is 6.30. The summed E-state index contributed by atoms with van der Waals surface area (Å²) in [5.74, 6) is -0.446. The third-order valence-corrected chi connectivity index (χ3v) is 7.58. The van der Waals surface area contributed by atoms with Gasteiger partial charge in [-0.05, 0) is 29.3 Å². The molecule has 0 bridgehead atoms. The van der Waals surface area contributed by atoms with Crippen molar-refractivity contribution in [2.45, 2.75) is 30.9 Å². The molecule has 36 heavy (non-hydrogen) atoms. The van der Waals surface area contributed by atoms with Crippen LogP contribution in [0.2, 0.25) is 5.02 Å². The number of rotatable bonds is 3. The largest absolute Gasteiger partial charge is 0.370 e. The van der Waals surface area contributed by atoms with Gasteiger partial charge in [-0.15, -0.1) is 5.10 Å². The van der Waals surface area contributed by atoms with E-state index in [4.69, 9.17) is 16.3 Å². The highest BCUT2D eigenvalue weighted by Crippen LogP contribution is 2.36. The molecule has 1 aromatic carbocycles. The minimum atomic E-state index is -0.641. The average Bonchev–Trinajstić information content (AvgIpc) is 3.58. The number of nitriles is 1. The lowest BCUT2D eigenvalue weighted by molar-refractivity contribution is -0.141. The molecule has 13 heteroatoms. The summed E-state index contributed by atoms with van der Waals surface area (Å²) in [5, 5.41) is 20.4. The van der Waals surface area contributed by atoms with Crippen LogP contribution in [0.4, 0.5) is 4.39 Å². The Morgan fingerprint density at radius 2 is 2.14 bits per heavy atom. The van der Waals surface area contributed by atoms with E-state index in [0.717, 1.165) is 11.3 Å². The maximum absolute atomic E-state index is 13.9. The Morgan fingerprint density at radius 3 is 2.94 bits per heavy atom. The summed E-state index contributed by atoms with van der Waals surface area (Å²) in [4.78, 5) is 26.6. The molecule has 184 valence electrons. The van der Waals surface area contributed by atoms with Crippen LogP contribution < -0.4 is 0 Å². The topological polar surface area (TPSA) is 126 Å². The standard InChI is InChI=1S/C23H21ClFN9O2/c24-21-15(1-3-18(25)16(21)7-26)20-10-32-5-6-33(9-13(32)11-36-20)22(35)14-2-4-19-17(14)8-27-23(29-19)34-12-28-30-31-34/h1,3,8,12-14,20H,2,4-6,9-11H2/t13-,14?,20?/m1/s1. The molecule has 0 spiro atoms. The maximum Gasteiger partial charge on any atom is 0.253 e. The van der Waals surface area contributed by atoms with Crippen LogP contribution in [0.15, 0.2) is 24.7 Å². The molecular weight excluding hydrogens is 489 g/mol. The second-order valence-electron chi connectivity index (χ2n) is 9.11. The summed E-state index contributed by atoms with van der Waals surface area (Å²) in [6, 6.07) is 4.70. The fraction of sp³-hybridized carbons (Fsp3) is 0.435. The lowest BCUT2D eigenvalue weighted by Crippen LogP contribution is -2.60. The number of amides is 1. The van der Waals surface area contributed by atoms with Crippen molar-refractivity contribution in [3.05, 3.63) is 57.9 Å². The van der Waals surface area contributed by atoms with Gasteiger partial charge in [0.15, 0.2) is 0 Å². The number of hydrogen-bond donors (Lipinski definition) is 0. The van der Waals surface area contributed by atoms with Crippen LogP contribution in [-0.4, -0.2) is 84.7 Å². The van der Waals surface area contributed by atoms with Crippen molar-refractivity contribution in [1.82, 2.24) is 40.0 Å². The van der Waals surface area contributed by atoms with Gasteiger partial charge in [0, 0.05) is 43.5 Å². The van der Waals surface area contributed by atoms with E-state index in [0.29, 0.717) is 57.1 Å². The first-order chi connectivity index (χ1) is 17.5. The molecule has 4 heterocycles. The molecule has 2 fully saturated rings. The Kier molecular flexibility index (Phi) is 5.83. The first kappa shape index (κ1) is 22.9. The maximum atomic E-state index is 13.9. The number of halogens is 2. The van der Waals surface area contributed by atoms with E-state index in [1.807, 2.05) is 11.0 Å². The highest BCUT2D eigenvalue weighted by molar-refractivity contribution is 6.32. The van der Waals surface area contributed by atoms with Crippen molar-refractivity contribution in [2.24, 2.45) is 0 Å². The number of piperazine rings is 1. The monoisotopic (exact) mass is 509 g/mol. The van der Waals surface area contributed by atoms with E-state index in [-0.39, 0.29) is 34.6 Å². The smallest absolute Gasteiger partial charge is 0.253 e. The summed E-state index contributed by atoms with van der Waals surface area (Å²) in [7, 11) is 0. The van der Waals surface area contributed by atoms with Gasteiger partial charge in [0.2, 0.25) is 5.91 Å². The van der Waals surface area contributed by atoms with Crippen LogP contribution in [-0.2, 0) is 16.0 Å². The molecule has 11 nitrogen and oxygen atoms in total.